The zero-order valence-corrected chi connectivity index (χ0v) is 12.8. The molecule has 0 aliphatic carbocycles. The Bertz CT molecular complexity index is 613. The molecule has 1 heterocycles. The summed E-state index contributed by atoms with van der Waals surface area (Å²) in [6, 6.07) is 5.70. The Balaban J connectivity index is 2.02. The van der Waals surface area contributed by atoms with E-state index in [-0.39, 0.29) is 5.97 Å². The monoisotopic (exact) mass is 310 g/mol. The Morgan fingerprint density at radius 2 is 2.30 bits per heavy atom. The van der Waals surface area contributed by atoms with Gasteiger partial charge >= 0.3 is 5.97 Å². The van der Waals surface area contributed by atoms with E-state index in [0.29, 0.717) is 12.8 Å². The predicted molar refractivity (Wildman–Crippen MR) is 81.9 cm³/mol. The fourth-order valence-corrected chi connectivity index (χ4v) is 2.60. The predicted octanol–water partition coefficient (Wildman–Crippen LogP) is 3.95. The first-order valence-corrected chi connectivity index (χ1v) is 7.39. The number of aromatic nitrogens is 1. The van der Waals surface area contributed by atoms with Crippen LogP contribution >= 0.6 is 22.9 Å². The summed E-state index contributed by atoms with van der Waals surface area (Å²) >= 11 is 7.58. The summed E-state index contributed by atoms with van der Waals surface area (Å²) in [4.78, 5) is 15.5. The SMILES string of the molecule is COC(=O)CCc1csc(Nc2cccc(Cl)c2C)n1. The first kappa shape index (κ1) is 14.8. The molecule has 0 spiro atoms. The second-order valence-corrected chi connectivity index (χ2v) is 5.52. The van der Waals surface area contributed by atoms with Crippen LogP contribution in [0.15, 0.2) is 23.6 Å². The van der Waals surface area contributed by atoms with Crippen molar-refractivity contribution < 1.29 is 9.53 Å². The van der Waals surface area contributed by atoms with E-state index in [1.807, 2.05) is 30.5 Å². The number of carbonyl (C=O) groups excluding carboxylic acids is 1. The normalized spacial score (nSPS) is 10.3. The van der Waals surface area contributed by atoms with E-state index in [2.05, 4.69) is 15.0 Å². The van der Waals surface area contributed by atoms with Crippen LogP contribution in [0.1, 0.15) is 17.7 Å². The lowest BCUT2D eigenvalue weighted by molar-refractivity contribution is -0.140. The molecule has 0 atom stereocenters. The fraction of sp³-hybridized carbons (Fsp3) is 0.286. The maximum Gasteiger partial charge on any atom is 0.305 e. The molecule has 0 saturated heterocycles. The summed E-state index contributed by atoms with van der Waals surface area (Å²) in [5.74, 6) is -0.224. The van der Waals surface area contributed by atoms with Crippen LogP contribution in [0.4, 0.5) is 10.8 Å². The zero-order chi connectivity index (χ0) is 14.5. The quantitative estimate of drug-likeness (QED) is 0.849. The summed E-state index contributed by atoms with van der Waals surface area (Å²) < 4.78 is 4.61. The van der Waals surface area contributed by atoms with Crippen molar-refractivity contribution in [2.45, 2.75) is 19.8 Å². The van der Waals surface area contributed by atoms with E-state index in [1.54, 1.807) is 0 Å². The summed E-state index contributed by atoms with van der Waals surface area (Å²) in [7, 11) is 1.39. The fourth-order valence-electron chi connectivity index (χ4n) is 1.67. The Labute approximate surface area is 126 Å². The van der Waals surface area contributed by atoms with E-state index < -0.39 is 0 Å². The van der Waals surface area contributed by atoms with Gasteiger partial charge in [0, 0.05) is 22.5 Å². The van der Waals surface area contributed by atoms with Gasteiger partial charge in [0.2, 0.25) is 0 Å². The minimum Gasteiger partial charge on any atom is -0.469 e. The highest BCUT2D eigenvalue weighted by Gasteiger charge is 2.08. The first-order valence-electron chi connectivity index (χ1n) is 6.13. The number of halogens is 1. The number of methoxy groups -OCH3 is 1. The minimum absolute atomic E-state index is 0.224. The standard InChI is InChI=1S/C14H15ClN2O2S/c1-9-11(15)4-3-5-12(9)17-14-16-10(8-20-14)6-7-13(18)19-2/h3-5,8H,6-7H2,1-2H3,(H,16,17). The molecular formula is C14H15ClN2O2S. The maximum atomic E-state index is 11.1. The van der Waals surface area contributed by atoms with Crippen molar-refractivity contribution in [1.29, 1.82) is 0 Å². The lowest BCUT2D eigenvalue weighted by Crippen LogP contribution is -2.02. The van der Waals surface area contributed by atoms with Gasteiger partial charge in [-0.2, -0.15) is 0 Å². The molecule has 0 amide bonds. The van der Waals surface area contributed by atoms with Crippen molar-refractivity contribution >= 4 is 39.7 Å². The number of rotatable bonds is 5. The van der Waals surface area contributed by atoms with Crippen LogP contribution in [-0.2, 0) is 16.0 Å². The molecule has 0 aliphatic rings. The number of anilines is 2. The van der Waals surface area contributed by atoms with Crippen LogP contribution in [0.25, 0.3) is 0 Å². The molecule has 2 aromatic rings. The van der Waals surface area contributed by atoms with Gasteiger partial charge in [-0.15, -0.1) is 11.3 Å². The van der Waals surface area contributed by atoms with Gasteiger partial charge in [-0.3, -0.25) is 4.79 Å². The number of ether oxygens (including phenoxy) is 1. The first-order chi connectivity index (χ1) is 9.60. The third-order valence-corrected chi connectivity index (χ3v) is 4.09. The summed E-state index contributed by atoms with van der Waals surface area (Å²) in [5, 5.41) is 6.68. The molecule has 1 N–H and O–H groups in total. The molecule has 0 fully saturated rings. The highest BCUT2D eigenvalue weighted by atomic mass is 35.5. The topological polar surface area (TPSA) is 51.2 Å². The van der Waals surface area contributed by atoms with Gasteiger partial charge < -0.3 is 10.1 Å². The number of esters is 1. The van der Waals surface area contributed by atoms with Crippen LogP contribution in [-0.4, -0.2) is 18.1 Å². The summed E-state index contributed by atoms with van der Waals surface area (Å²) in [6.07, 6.45) is 0.926. The third kappa shape index (κ3) is 3.71. The molecule has 20 heavy (non-hydrogen) atoms. The number of benzene rings is 1. The Morgan fingerprint density at radius 3 is 3.05 bits per heavy atom. The Kier molecular flexibility index (Phi) is 4.98. The average molecular weight is 311 g/mol. The van der Waals surface area contributed by atoms with E-state index in [9.17, 15) is 4.79 Å². The molecule has 0 saturated carbocycles. The molecule has 1 aromatic carbocycles. The Hall–Kier alpha value is -1.59. The lowest BCUT2D eigenvalue weighted by atomic mass is 10.2. The molecule has 0 radical (unpaired) electrons. The number of aryl methyl sites for hydroxylation is 1. The van der Waals surface area contributed by atoms with Crippen molar-refractivity contribution in [3.63, 3.8) is 0 Å². The number of nitrogens with one attached hydrogen (secondary N) is 1. The van der Waals surface area contributed by atoms with Crippen LogP contribution in [0.5, 0.6) is 0 Å². The van der Waals surface area contributed by atoms with Crippen molar-refractivity contribution in [2.24, 2.45) is 0 Å². The van der Waals surface area contributed by atoms with Crippen molar-refractivity contribution in [3.8, 4) is 0 Å². The molecule has 106 valence electrons. The highest BCUT2D eigenvalue weighted by Crippen LogP contribution is 2.27. The number of carbonyl (C=O) groups is 1. The molecule has 0 unspecified atom stereocenters. The average Bonchev–Trinajstić information content (AvgIpc) is 2.89. The molecule has 6 heteroatoms. The van der Waals surface area contributed by atoms with Crippen LogP contribution < -0.4 is 5.32 Å². The molecular weight excluding hydrogens is 296 g/mol. The van der Waals surface area contributed by atoms with Crippen LogP contribution in [0.3, 0.4) is 0 Å². The van der Waals surface area contributed by atoms with E-state index in [4.69, 9.17) is 11.6 Å². The third-order valence-electron chi connectivity index (χ3n) is 2.87. The van der Waals surface area contributed by atoms with Gasteiger partial charge in [0.1, 0.15) is 0 Å². The molecule has 0 aliphatic heterocycles. The molecule has 4 nitrogen and oxygen atoms in total. The molecule has 1 aromatic heterocycles. The van der Waals surface area contributed by atoms with E-state index in [0.717, 1.165) is 27.1 Å². The van der Waals surface area contributed by atoms with Gasteiger partial charge in [0.25, 0.3) is 0 Å². The van der Waals surface area contributed by atoms with E-state index >= 15 is 0 Å². The number of nitrogens with zero attached hydrogens (tertiary/aromatic N) is 1. The second-order valence-electron chi connectivity index (χ2n) is 4.26. The van der Waals surface area contributed by atoms with Crippen molar-refractivity contribution in [1.82, 2.24) is 4.98 Å². The lowest BCUT2D eigenvalue weighted by Gasteiger charge is -2.07. The zero-order valence-electron chi connectivity index (χ0n) is 11.3. The maximum absolute atomic E-state index is 11.1. The van der Waals surface area contributed by atoms with Gasteiger partial charge in [-0.1, -0.05) is 17.7 Å². The van der Waals surface area contributed by atoms with Crippen molar-refractivity contribution in [3.05, 3.63) is 39.9 Å². The second kappa shape index (κ2) is 6.72. The molecule has 0 bridgehead atoms. The van der Waals surface area contributed by atoms with Gasteiger partial charge in [0.05, 0.1) is 19.2 Å². The van der Waals surface area contributed by atoms with Crippen molar-refractivity contribution in [2.75, 3.05) is 12.4 Å². The number of hydrogen-bond donors (Lipinski definition) is 1. The largest absolute Gasteiger partial charge is 0.469 e. The minimum atomic E-state index is -0.224. The highest BCUT2D eigenvalue weighted by molar-refractivity contribution is 7.13. The van der Waals surface area contributed by atoms with Gasteiger partial charge in [-0.05, 0) is 24.6 Å². The summed E-state index contributed by atoms with van der Waals surface area (Å²) in [6.45, 7) is 1.95. The molecule has 2 rings (SSSR count). The number of hydrogen-bond acceptors (Lipinski definition) is 5. The summed E-state index contributed by atoms with van der Waals surface area (Å²) in [5.41, 5.74) is 2.80. The number of thiazole rings is 1. The van der Waals surface area contributed by atoms with Gasteiger partial charge in [-0.25, -0.2) is 4.98 Å². The Morgan fingerprint density at radius 1 is 1.50 bits per heavy atom. The van der Waals surface area contributed by atoms with Gasteiger partial charge in [0.15, 0.2) is 5.13 Å². The van der Waals surface area contributed by atoms with Crippen LogP contribution in [0, 0.1) is 6.92 Å². The van der Waals surface area contributed by atoms with Crippen LogP contribution in [0.2, 0.25) is 5.02 Å². The van der Waals surface area contributed by atoms with E-state index in [1.165, 1.54) is 18.4 Å². The smallest absolute Gasteiger partial charge is 0.305 e.